The van der Waals surface area contributed by atoms with Crippen LogP contribution in [0.15, 0.2) is 64.6 Å². The van der Waals surface area contributed by atoms with Gasteiger partial charge in [0, 0.05) is 28.6 Å². The van der Waals surface area contributed by atoms with Crippen molar-refractivity contribution >= 4 is 40.0 Å². The molecule has 0 saturated carbocycles. The van der Waals surface area contributed by atoms with Crippen molar-refractivity contribution in [1.29, 1.82) is 0 Å². The number of rotatable bonds is 9. The minimum absolute atomic E-state index is 0.404. The summed E-state index contributed by atoms with van der Waals surface area (Å²) >= 11 is 1.48. The fraction of sp³-hybridized carbons (Fsp3) is 0.227. The third-order valence-electron chi connectivity index (χ3n) is 4.50. The van der Waals surface area contributed by atoms with Gasteiger partial charge >= 0.3 is 0 Å². The zero-order valence-electron chi connectivity index (χ0n) is 17.5. The van der Waals surface area contributed by atoms with Crippen molar-refractivity contribution < 1.29 is 4.74 Å². The molecule has 160 valence electrons. The van der Waals surface area contributed by atoms with E-state index in [1.54, 1.807) is 0 Å². The maximum Gasteiger partial charge on any atom is 0.194 e. The van der Waals surface area contributed by atoms with Gasteiger partial charge in [-0.1, -0.05) is 12.1 Å². The van der Waals surface area contributed by atoms with Crippen molar-refractivity contribution in [1.82, 2.24) is 25.1 Å². The number of para-hydroxylation sites is 1. The van der Waals surface area contributed by atoms with Crippen LogP contribution in [0.4, 0.5) is 17.3 Å². The van der Waals surface area contributed by atoms with E-state index in [0.717, 1.165) is 39.5 Å². The standard InChI is InChI=1S/C22H25N7OS/c1-29(2)11-12-30-14-16-13-20(25-21-18-5-3-4-6-19(18)27-28-21)26-22(24-16)31-17-9-7-15(23)8-10-17/h3-10,13H,11-12,14,23H2,1-2H3,(H2,24,25,26,27,28). The molecule has 4 rings (SSSR count). The number of hydrogen-bond acceptors (Lipinski definition) is 8. The number of H-pyrrole nitrogens is 1. The predicted octanol–water partition coefficient (Wildman–Crippen LogP) is 3.91. The molecule has 0 spiro atoms. The Morgan fingerprint density at radius 3 is 2.71 bits per heavy atom. The first-order valence-corrected chi connectivity index (χ1v) is 10.7. The molecule has 4 aromatic rings. The zero-order valence-corrected chi connectivity index (χ0v) is 18.3. The van der Waals surface area contributed by atoms with E-state index in [2.05, 4.69) is 30.4 Å². The first-order chi connectivity index (χ1) is 15.1. The average molecular weight is 436 g/mol. The summed E-state index contributed by atoms with van der Waals surface area (Å²) in [5.74, 6) is 1.38. The number of likely N-dealkylation sites (N-methyl/N-ethyl adjacent to an activating group) is 1. The molecule has 8 nitrogen and oxygen atoms in total. The van der Waals surface area contributed by atoms with Crippen LogP contribution in [0.25, 0.3) is 10.9 Å². The first kappa shape index (κ1) is 21.1. The van der Waals surface area contributed by atoms with Crippen LogP contribution in [-0.4, -0.2) is 52.3 Å². The maximum absolute atomic E-state index is 5.80. The Balaban J connectivity index is 1.57. The van der Waals surface area contributed by atoms with Crippen LogP contribution in [-0.2, 0) is 11.3 Å². The van der Waals surface area contributed by atoms with E-state index < -0.39 is 0 Å². The lowest BCUT2D eigenvalue weighted by Gasteiger charge is -2.11. The molecule has 0 amide bonds. The van der Waals surface area contributed by atoms with Crippen LogP contribution >= 0.6 is 11.8 Å². The van der Waals surface area contributed by atoms with Crippen molar-refractivity contribution in [2.75, 3.05) is 38.3 Å². The van der Waals surface area contributed by atoms with Gasteiger partial charge in [0.2, 0.25) is 0 Å². The Bertz CT molecular complexity index is 1140. The fourth-order valence-electron chi connectivity index (χ4n) is 2.90. The number of nitrogens with zero attached hydrogens (tertiary/aromatic N) is 4. The van der Waals surface area contributed by atoms with Crippen LogP contribution in [0.5, 0.6) is 0 Å². The average Bonchev–Trinajstić information content (AvgIpc) is 3.16. The summed E-state index contributed by atoms with van der Waals surface area (Å²) < 4.78 is 5.80. The molecule has 2 aromatic carbocycles. The Morgan fingerprint density at radius 1 is 1.10 bits per heavy atom. The number of ether oxygens (including phenoxy) is 1. The predicted molar refractivity (Wildman–Crippen MR) is 125 cm³/mol. The summed E-state index contributed by atoms with van der Waals surface area (Å²) in [4.78, 5) is 12.4. The number of benzene rings is 2. The van der Waals surface area contributed by atoms with E-state index in [1.165, 1.54) is 11.8 Å². The summed E-state index contributed by atoms with van der Waals surface area (Å²) in [6, 6.07) is 17.5. The molecule has 0 aliphatic rings. The molecule has 2 aromatic heterocycles. The summed E-state index contributed by atoms with van der Waals surface area (Å²) in [6.45, 7) is 1.88. The van der Waals surface area contributed by atoms with Crippen molar-refractivity contribution in [3.8, 4) is 0 Å². The quantitative estimate of drug-likeness (QED) is 0.206. The number of fused-ring (bicyclic) bond motifs is 1. The number of aromatic nitrogens is 4. The Morgan fingerprint density at radius 2 is 1.90 bits per heavy atom. The molecule has 0 unspecified atom stereocenters. The lowest BCUT2D eigenvalue weighted by atomic mass is 10.2. The maximum atomic E-state index is 5.80. The smallest absolute Gasteiger partial charge is 0.194 e. The summed E-state index contributed by atoms with van der Waals surface area (Å²) in [5.41, 5.74) is 8.28. The van der Waals surface area contributed by atoms with Gasteiger partial charge in [0.1, 0.15) is 5.82 Å². The lowest BCUT2D eigenvalue weighted by molar-refractivity contribution is 0.103. The van der Waals surface area contributed by atoms with Gasteiger partial charge < -0.3 is 20.7 Å². The molecular weight excluding hydrogens is 410 g/mol. The van der Waals surface area contributed by atoms with E-state index in [9.17, 15) is 0 Å². The second-order valence-corrected chi connectivity index (χ2v) is 8.34. The zero-order chi connectivity index (χ0) is 21.6. The Labute approximate surface area is 185 Å². The molecule has 0 fully saturated rings. The molecule has 0 saturated heterocycles. The van der Waals surface area contributed by atoms with Gasteiger partial charge in [-0.05, 0) is 62.3 Å². The summed E-state index contributed by atoms with van der Waals surface area (Å²) in [5, 5.41) is 12.4. The Hall–Kier alpha value is -3.14. The van der Waals surface area contributed by atoms with Crippen molar-refractivity contribution in [2.24, 2.45) is 0 Å². The van der Waals surface area contributed by atoms with Crippen LogP contribution in [0, 0.1) is 0 Å². The molecule has 0 aliphatic carbocycles. The summed E-state index contributed by atoms with van der Waals surface area (Å²) in [7, 11) is 4.04. The molecule has 4 N–H and O–H groups in total. The molecule has 0 atom stereocenters. The summed E-state index contributed by atoms with van der Waals surface area (Å²) in [6.07, 6.45) is 0. The third kappa shape index (κ3) is 5.72. The molecule has 31 heavy (non-hydrogen) atoms. The highest BCUT2D eigenvalue weighted by Gasteiger charge is 2.11. The van der Waals surface area contributed by atoms with Crippen molar-refractivity contribution in [2.45, 2.75) is 16.7 Å². The largest absolute Gasteiger partial charge is 0.399 e. The van der Waals surface area contributed by atoms with Crippen LogP contribution < -0.4 is 11.1 Å². The van der Waals surface area contributed by atoms with E-state index in [1.807, 2.05) is 68.7 Å². The number of nitrogen functional groups attached to an aromatic ring is 1. The van der Waals surface area contributed by atoms with Crippen LogP contribution in [0.3, 0.4) is 0 Å². The topological polar surface area (TPSA) is 105 Å². The van der Waals surface area contributed by atoms with Crippen molar-refractivity contribution in [3.63, 3.8) is 0 Å². The monoisotopic (exact) mass is 435 g/mol. The van der Waals surface area contributed by atoms with Gasteiger partial charge in [0.25, 0.3) is 0 Å². The van der Waals surface area contributed by atoms with Gasteiger partial charge in [-0.2, -0.15) is 5.10 Å². The molecule has 0 radical (unpaired) electrons. The first-order valence-electron chi connectivity index (χ1n) is 9.91. The van der Waals surface area contributed by atoms with E-state index in [0.29, 0.717) is 24.2 Å². The van der Waals surface area contributed by atoms with E-state index in [-0.39, 0.29) is 0 Å². The molecule has 0 aliphatic heterocycles. The van der Waals surface area contributed by atoms with Gasteiger partial charge in [0.05, 0.1) is 24.4 Å². The highest BCUT2D eigenvalue weighted by molar-refractivity contribution is 7.99. The number of anilines is 3. The van der Waals surface area contributed by atoms with E-state index >= 15 is 0 Å². The SMILES string of the molecule is CN(C)CCOCc1cc(Nc2n[nH]c3ccccc23)nc(Sc2ccc(N)cc2)n1. The highest BCUT2D eigenvalue weighted by Crippen LogP contribution is 2.28. The van der Waals surface area contributed by atoms with Gasteiger partial charge in [-0.15, -0.1) is 0 Å². The molecule has 2 heterocycles. The minimum Gasteiger partial charge on any atom is -0.399 e. The minimum atomic E-state index is 0.404. The normalized spacial score (nSPS) is 11.3. The van der Waals surface area contributed by atoms with E-state index in [4.69, 9.17) is 10.5 Å². The van der Waals surface area contributed by atoms with Gasteiger partial charge in [-0.3, -0.25) is 5.10 Å². The number of nitrogens with two attached hydrogens (primary N) is 1. The lowest BCUT2D eigenvalue weighted by Crippen LogP contribution is -2.18. The second-order valence-electron chi connectivity index (χ2n) is 7.30. The fourth-order valence-corrected chi connectivity index (χ4v) is 3.69. The van der Waals surface area contributed by atoms with Gasteiger partial charge in [0.15, 0.2) is 11.0 Å². The molecule has 9 heteroatoms. The van der Waals surface area contributed by atoms with Crippen molar-refractivity contribution in [3.05, 3.63) is 60.3 Å². The number of nitrogens with one attached hydrogen (secondary N) is 2. The van der Waals surface area contributed by atoms with Crippen LogP contribution in [0.2, 0.25) is 0 Å². The molecular formula is C22H25N7OS. The van der Waals surface area contributed by atoms with Crippen LogP contribution in [0.1, 0.15) is 5.69 Å². The second kappa shape index (κ2) is 9.78. The number of aromatic amines is 1. The molecule has 0 bridgehead atoms. The Kier molecular flexibility index (Phi) is 6.66. The highest BCUT2D eigenvalue weighted by atomic mass is 32.2. The van der Waals surface area contributed by atoms with Gasteiger partial charge in [-0.25, -0.2) is 9.97 Å². The number of hydrogen-bond donors (Lipinski definition) is 3. The third-order valence-corrected chi connectivity index (χ3v) is 5.37.